The van der Waals surface area contributed by atoms with Gasteiger partial charge in [-0.3, -0.25) is 0 Å². The smallest absolute Gasteiger partial charge is 0.0312 e. The highest BCUT2D eigenvalue weighted by molar-refractivity contribution is 5.10. The third-order valence-corrected chi connectivity index (χ3v) is 1.25. The molecule has 0 aromatic carbocycles. The lowest BCUT2D eigenvalue weighted by Gasteiger charge is -1.98. The van der Waals surface area contributed by atoms with Crippen molar-refractivity contribution in [1.29, 1.82) is 0 Å². The van der Waals surface area contributed by atoms with Crippen LogP contribution in [0.25, 0.3) is 0 Å². The first-order chi connectivity index (χ1) is 5.07. The van der Waals surface area contributed by atoms with Gasteiger partial charge in [0.05, 0.1) is 0 Å². The number of hydrogen-bond acceptors (Lipinski definition) is 0. The van der Waals surface area contributed by atoms with E-state index in [1.54, 1.807) is 6.08 Å². The maximum Gasteiger partial charge on any atom is 0.0312 e. The van der Waals surface area contributed by atoms with Crippen LogP contribution in [-0.4, -0.2) is 0 Å². The molecule has 0 N–H and O–H groups in total. The van der Waals surface area contributed by atoms with Crippen molar-refractivity contribution in [2.75, 3.05) is 0 Å². The van der Waals surface area contributed by atoms with E-state index >= 15 is 0 Å². The average molecular weight is 137 g/mol. The van der Waals surface area contributed by atoms with Crippen LogP contribution in [0.3, 0.4) is 0 Å². The first-order valence-electron chi connectivity index (χ1n) is 4.03. The molecule has 0 rings (SSSR count). The molecule has 0 radical (unpaired) electrons. The Hall–Kier alpha value is -0.780. The van der Waals surface area contributed by atoms with Crippen LogP contribution < -0.4 is 0 Å². The SMILES string of the molecule is [2H]C(CCC(=C)C=C)C(=C)C. The van der Waals surface area contributed by atoms with E-state index in [-0.39, 0.29) is 6.40 Å². The Balaban J connectivity index is 3.62. The molecule has 10 heavy (non-hydrogen) atoms. The molecule has 0 heterocycles. The summed E-state index contributed by atoms with van der Waals surface area (Å²) in [5.74, 6) is 0. The lowest BCUT2D eigenvalue weighted by molar-refractivity contribution is 0.819. The first-order valence-corrected chi connectivity index (χ1v) is 3.45. The van der Waals surface area contributed by atoms with Crippen molar-refractivity contribution < 1.29 is 1.37 Å². The Morgan fingerprint density at radius 3 is 2.60 bits per heavy atom. The molecule has 0 nitrogen and oxygen atoms in total. The van der Waals surface area contributed by atoms with Gasteiger partial charge in [-0.25, -0.2) is 0 Å². The van der Waals surface area contributed by atoms with Gasteiger partial charge < -0.3 is 0 Å². The van der Waals surface area contributed by atoms with Crippen LogP contribution in [0.4, 0.5) is 0 Å². The fourth-order valence-electron chi connectivity index (χ4n) is 0.606. The van der Waals surface area contributed by atoms with Gasteiger partial charge in [-0.2, -0.15) is 0 Å². The van der Waals surface area contributed by atoms with Crippen molar-refractivity contribution >= 4 is 0 Å². The van der Waals surface area contributed by atoms with E-state index < -0.39 is 0 Å². The summed E-state index contributed by atoms with van der Waals surface area (Å²) in [6.07, 6.45) is 3.25. The lowest BCUT2D eigenvalue weighted by Crippen LogP contribution is -1.78. The number of allylic oxidation sites excluding steroid dienone is 3. The van der Waals surface area contributed by atoms with Crippen molar-refractivity contribution in [3.05, 3.63) is 37.0 Å². The van der Waals surface area contributed by atoms with Crippen LogP contribution in [0.5, 0.6) is 0 Å². The summed E-state index contributed by atoms with van der Waals surface area (Å²) < 4.78 is 7.52. The van der Waals surface area contributed by atoms with Crippen LogP contribution in [0, 0.1) is 0 Å². The zero-order valence-electron chi connectivity index (χ0n) is 7.69. The molecule has 0 aliphatic rings. The van der Waals surface area contributed by atoms with E-state index in [2.05, 4.69) is 19.7 Å². The molecule has 0 fully saturated rings. The Kier molecular flexibility index (Phi) is 3.69. The molecule has 0 aliphatic carbocycles. The monoisotopic (exact) mass is 137 g/mol. The fourth-order valence-corrected chi connectivity index (χ4v) is 0.606. The minimum Gasteiger partial charge on any atom is -0.100 e. The normalized spacial score (nSPS) is 13.5. The molecule has 0 aromatic heterocycles. The number of hydrogen-bond donors (Lipinski definition) is 0. The summed E-state index contributed by atoms with van der Waals surface area (Å²) in [5.41, 5.74) is 1.92. The van der Waals surface area contributed by atoms with E-state index in [0.29, 0.717) is 0 Å². The van der Waals surface area contributed by atoms with Crippen LogP contribution in [-0.2, 0) is 0 Å². The summed E-state index contributed by atoms with van der Waals surface area (Å²) in [7, 11) is 0. The molecular formula is C10H16. The topological polar surface area (TPSA) is 0 Å². The maximum atomic E-state index is 7.52. The van der Waals surface area contributed by atoms with Gasteiger partial charge in [0.15, 0.2) is 0 Å². The van der Waals surface area contributed by atoms with Gasteiger partial charge >= 0.3 is 0 Å². The summed E-state index contributed by atoms with van der Waals surface area (Å²) in [5, 5.41) is 0. The van der Waals surface area contributed by atoms with Crippen molar-refractivity contribution in [1.82, 2.24) is 0 Å². The van der Waals surface area contributed by atoms with Gasteiger partial charge in [0, 0.05) is 1.37 Å². The van der Waals surface area contributed by atoms with Gasteiger partial charge in [-0.1, -0.05) is 30.4 Å². The van der Waals surface area contributed by atoms with Crippen LogP contribution in [0.15, 0.2) is 37.0 Å². The highest BCUT2D eigenvalue weighted by Gasteiger charge is 1.89. The molecular weight excluding hydrogens is 120 g/mol. The van der Waals surface area contributed by atoms with Crippen molar-refractivity contribution in [2.45, 2.75) is 26.2 Å². The maximum absolute atomic E-state index is 7.52. The molecule has 0 saturated carbocycles. The summed E-state index contributed by atoms with van der Waals surface area (Å²) in [6, 6.07) is 0. The largest absolute Gasteiger partial charge is 0.100 e. The van der Waals surface area contributed by atoms with Crippen LogP contribution in [0.2, 0.25) is 0 Å². The zero-order valence-corrected chi connectivity index (χ0v) is 6.69. The molecule has 0 aliphatic heterocycles. The van der Waals surface area contributed by atoms with Crippen LogP contribution >= 0.6 is 0 Å². The Morgan fingerprint density at radius 1 is 1.60 bits per heavy atom. The van der Waals surface area contributed by atoms with E-state index in [1.165, 1.54) is 0 Å². The second-order valence-electron chi connectivity index (χ2n) is 2.45. The van der Waals surface area contributed by atoms with Gasteiger partial charge in [-0.15, -0.1) is 6.58 Å². The van der Waals surface area contributed by atoms with Crippen molar-refractivity contribution in [3.8, 4) is 0 Å². The first kappa shape index (κ1) is 7.33. The average Bonchev–Trinajstić information content (AvgIpc) is 1.99. The quantitative estimate of drug-likeness (QED) is 0.402. The summed E-state index contributed by atoms with van der Waals surface area (Å²) in [6.45, 7) is 13.0. The molecule has 56 valence electrons. The van der Waals surface area contributed by atoms with E-state index in [4.69, 9.17) is 1.37 Å². The Morgan fingerprint density at radius 2 is 2.20 bits per heavy atom. The van der Waals surface area contributed by atoms with Crippen LogP contribution in [0.1, 0.15) is 27.5 Å². The third-order valence-electron chi connectivity index (χ3n) is 1.25. The second kappa shape index (κ2) is 5.04. The van der Waals surface area contributed by atoms with Gasteiger partial charge in [-0.05, 0) is 26.2 Å². The van der Waals surface area contributed by atoms with Gasteiger partial charge in [0.1, 0.15) is 0 Å². The van der Waals surface area contributed by atoms with Crippen molar-refractivity contribution in [3.63, 3.8) is 0 Å². The second-order valence-corrected chi connectivity index (χ2v) is 2.45. The fraction of sp³-hybridized carbons (Fsp3) is 0.400. The highest BCUT2D eigenvalue weighted by Crippen LogP contribution is 2.09. The molecule has 0 saturated heterocycles. The minimum atomic E-state index is -0.147. The lowest BCUT2D eigenvalue weighted by atomic mass is 10.1. The molecule has 0 amide bonds. The zero-order chi connectivity index (χ0) is 8.85. The minimum absolute atomic E-state index is 0.147. The molecule has 0 bridgehead atoms. The Labute approximate surface area is 65.4 Å². The summed E-state index contributed by atoms with van der Waals surface area (Å²) >= 11 is 0. The highest BCUT2D eigenvalue weighted by atomic mass is 13.9. The number of rotatable bonds is 5. The van der Waals surface area contributed by atoms with E-state index in [9.17, 15) is 0 Å². The van der Waals surface area contributed by atoms with E-state index in [1.807, 2.05) is 6.92 Å². The molecule has 0 aromatic rings. The predicted octanol–water partition coefficient (Wildman–Crippen LogP) is 3.48. The molecule has 0 spiro atoms. The van der Waals surface area contributed by atoms with Crippen molar-refractivity contribution in [2.24, 2.45) is 0 Å². The molecule has 0 heteroatoms. The Bertz CT molecular complexity index is 168. The molecule has 1 atom stereocenters. The summed E-state index contributed by atoms with van der Waals surface area (Å²) in [4.78, 5) is 0. The van der Waals surface area contributed by atoms with Gasteiger partial charge in [0.2, 0.25) is 0 Å². The predicted molar refractivity (Wildman–Crippen MR) is 48.0 cm³/mol. The molecule has 1 unspecified atom stereocenters. The third kappa shape index (κ3) is 5.36. The standard InChI is InChI=1S/C10H16/c1-5-10(4)8-6-7-9(2)3/h5H,1-2,4,6-8H2,3H3/i7D. The van der Waals surface area contributed by atoms with Gasteiger partial charge in [0.25, 0.3) is 0 Å². The van der Waals surface area contributed by atoms with E-state index in [0.717, 1.165) is 24.0 Å².